The van der Waals surface area contributed by atoms with Crippen molar-refractivity contribution < 1.29 is 18.0 Å². The number of Topliss-reactive ketones (excluding diaryl/α,β-unsaturated/α-hetero) is 1. The fraction of sp³-hybridized carbons (Fsp3) is 0.462. The van der Waals surface area contributed by atoms with Crippen LogP contribution >= 0.6 is 11.3 Å². The van der Waals surface area contributed by atoms with Gasteiger partial charge < -0.3 is 0 Å². The Kier molecular flexibility index (Phi) is 2.62. The van der Waals surface area contributed by atoms with Crippen molar-refractivity contribution in [2.75, 3.05) is 0 Å². The summed E-state index contributed by atoms with van der Waals surface area (Å²) in [6.45, 7) is 0. The van der Waals surface area contributed by atoms with Gasteiger partial charge in [-0.2, -0.15) is 13.2 Å². The standard InChI is InChI=1S/C13H11F3OS/c14-13(15,16)12(17)11-8-4-1-3-7(8)10(11)9-5-2-6-18-9/h2,5-8H,1,3-4H2. The van der Waals surface area contributed by atoms with E-state index >= 15 is 0 Å². The Morgan fingerprint density at radius 3 is 2.61 bits per heavy atom. The Morgan fingerprint density at radius 1 is 1.28 bits per heavy atom. The first-order chi connectivity index (χ1) is 8.50. The van der Waals surface area contributed by atoms with E-state index < -0.39 is 12.0 Å². The number of carbonyl (C=O) groups is 1. The van der Waals surface area contributed by atoms with Crippen molar-refractivity contribution in [1.82, 2.24) is 0 Å². The molecule has 0 N–H and O–H groups in total. The molecule has 1 saturated carbocycles. The number of ketones is 1. The Hall–Kier alpha value is -1.10. The Morgan fingerprint density at radius 2 is 2.00 bits per heavy atom. The summed E-state index contributed by atoms with van der Waals surface area (Å²) < 4.78 is 37.8. The smallest absolute Gasteiger partial charge is 0.284 e. The zero-order chi connectivity index (χ0) is 12.9. The van der Waals surface area contributed by atoms with Crippen molar-refractivity contribution in [3.8, 4) is 0 Å². The Labute approximate surface area is 106 Å². The average molecular weight is 272 g/mol. The minimum atomic E-state index is -4.74. The second-order valence-corrected chi connectivity index (χ2v) is 5.72. The molecule has 2 atom stereocenters. The molecule has 1 fully saturated rings. The minimum absolute atomic E-state index is 0.0347. The van der Waals surface area contributed by atoms with Crippen LogP contribution in [0.1, 0.15) is 24.1 Å². The fourth-order valence-corrected chi connectivity index (χ4v) is 3.99. The Bertz CT molecular complexity index is 513. The van der Waals surface area contributed by atoms with Crippen LogP contribution in [-0.2, 0) is 4.79 Å². The van der Waals surface area contributed by atoms with Gasteiger partial charge in [-0.3, -0.25) is 4.79 Å². The van der Waals surface area contributed by atoms with Gasteiger partial charge in [0.15, 0.2) is 0 Å². The summed E-state index contributed by atoms with van der Waals surface area (Å²) in [5.74, 6) is -1.62. The second-order valence-electron chi connectivity index (χ2n) is 4.78. The van der Waals surface area contributed by atoms with Crippen molar-refractivity contribution in [3.05, 3.63) is 28.0 Å². The molecule has 18 heavy (non-hydrogen) atoms. The molecule has 0 aromatic carbocycles. The first-order valence-electron chi connectivity index (χ1n) is 5.89. The molecule has 1 aromatic rings. The van der Waals surface area contributed by atoms with Gasteiger partial charge in [-0.05, 0) is 41.7 Å². The third-order valence-corrected chi connectivity index (χ3v) is 4.74. The highest BCUT2D eigenvalue weighted by atomic mass is 32.1. The second kappa shape index (κ2) is 3.95. The zero-order valence-corrected chi connectivity index (χ0v) is 10.3. The lowest BCUT2D eigenvalue weighted by Gasteiger charge is -2.36. The molecule has 1 aromatic heterocycles. The number of rotatable bonds is 2. The summed E-state index contributed by atoms with van der Waals surface area (Å²) in [5.41, 5.74) is 0.697. The topological polar surface area (TPSA) is 17.1 Å². The number of hydrogen-bond donors (Lipinski definition) is 0. The molecule has 0 saturated heterocycles. The van der Waals surface area contributed by atoms with Crippen LogP contribution in [0.5, 0.6) is 0 Å². The lowest BCUT2D eigenvalue weighted by molar-refractivity contribution is -0.167. The number of alkyl halides is 3. The molecule has 0 radical (unpaired) electrons. The first kappa shape index (κ1) is 12.0. The van der Waals surface area contributed by atoms with Crippen molar-refractivity contribution in [3.63, 3.8) is 0 Å². The maximum Gasteiger partial charge on any atom is 0.454 e. The molecule has 1 nitrogen and oxygen atoms in total. The van der Waals surface area contributed by atoms with Crippen LogP contribution < -0.4 is 0 Å². The number of allylic oxidation sites excluding steroid dienone is 2. The van der Waals surface area contributed by atoms with Crippen molar-refractivity contribution in [1.29, 1.82) is 0 Å². The number of hydrogen-bond acceptors (Lipinski definition) is 2. The molecule has 2 unspecified atom stereocenters. The quantitative estimate of drug-likeness (QED) is 0.793. The van der Waals surface area contributed by atoms with Crippen LogP contribution in [0.15, 0.2) is 23.1 Å². The number of carbonyl (C=O) groups excluding carboxylic acids is 1. The van der Waals surface area contributed by atoms with E-state index in [2.05, 4.69) is 0 Å². The van der Waals surface area contributed by atoms with Gasteiger partial charge in [0.25, 0.3) is 5.78 Å². The molecule has 2 aliphatic carbocycles. The lowest BCUT2D eigenvalue weighted by atomic mass is 9.67. The van der Waals surface area contributed by atoms with E-state index in [-0.39, 0.29) is 17.4 Å². The Balaban J connectivity index is 2.05. The summed E-state index contributed by atoms with van der Waals surface area (Å²) in [6, 6.07) is 3.61. The normalized spacial score (nSPS) is 27.1. The van der Waals surface area contributed by atoms with Crippen molar-refractivity contribution in [2.45, 2.75) is 25.4 Å². The molecular formula is C13H11F3OS. The molecule has 0 spiro atoms. The predicted molar refractivity (Wildman–Crippen MR) is 63.1 cm³/mol. The third kappa shape index (κ3) is 1.64. The number of thiophene rings is 1. The SMILES string of the molecule is O=C(C1=C(c2cccs2)C2CCCC12)C(F)(F)F. The van der Waals surface area contributed by atoms with Crippen molar-refractivity contribution >= 4 is 22.7 Å². The summed E-state index contributed by atoms with van der Waals surface area (Å²) in [4.78, 5) is 12.3. The van der Waals surface area contributed by atoms with Gasteiger partial charge in [0.2, 0.25) is 0 Å². The first-order valence-corrected chi connectivity index (χ1v) is 6.77. The van der Waals surface area contributed by atoms with E-state index in [4.69, 9.17) is 0 Å². The van der Waals surface area contributed by atoms with Gasteiger partial charge in [0, 0.05) is 10.5 Å². The molecule has 0 aliphatic heterocycles. The van der Waals surface area contributed by atoms with Gasteiger partial charge in [-0.1, -0.05) is 12.5 Å². The van der Waals surface area contributed by atoms with Crippen LogP contribution in [0.2, 0.25) is 0 Å². The van der Waals surface area contributed by atoms with E-state index in [0.717, 1.165) is 24.1 Å². The maximum absolute atomic E-state index is 12.6. The van der Waals surface area contributed by atoms with Crippen LogP contribution in [0.25, 0.3) is 5.57 Å². The van der Waals surface area contributed by atoms with Crippen LogP contribution in [0, 0.1) is 11.8 Å². The minimum Gasteiger partial charge on any atom is -0.284 e. The van der Waals surface area contributed by atoms with Gasteiger partial charge in [0.05, 0.1) is 0 Å². The van der Waals surface area contributed by atoms with E-state index in [0.29, 0.717) is 5.57 Å². The summed E-state index contributed by atoms with van der Waals surface area (Å²) >= 11 is 1.41. The monoisotopic (exact) mass is 272 g/mol. The van der Waals surface area contributed by atoms with E-state index in [1.807, 2.05) is 11.4 Å². The predicted octanol–water partition coefficient (Wildman–Crippen LogP) is 4.06. The van der Waals surface area contributed by atoms with Gasteiger partial charge in [0.1, 0.15) is 0 Å². The fourth-order valence-electron chi connectivity index (χ4n) is 3.15. The molecular weight excluding hydrogens is 261 g/mol. The van der Waals surface area contributed by atoms with Gasteiger partial charge >= 0.3 is 6.18 Å². The van der Waals surface area contributed by atoms with Crippen LogP contribution in [-0.4, -0.2) is 12.0 Å². The maximum atomic E-state index is 12.6. The number of fused-ring (bicyclic) bond motifs is 1. The summed E-state index contributed by atoms with van der Waals surface area (Å²) in [5, 5.41) is 1.83. The van der Waals surface area contributed by atoms with Crippen LogP contribution in [0.4, 0.5) is 13.2 Å². The molecule has 2 aliphatic rings. The number of halogens is 3. The molecule has 3 rings (SSSR count). The zero-order valence-electron chi connectivity index (χ0n) is 9.46. The molecule has 0 amide bonds. The van der Waals surface area contributed by atoms with E-state index in [1.54, 1.807) is 6.07 Å². The third-order valence-electron chi connectivity index (χ3n) is 3.84. The molecule has 0 bridgehead atoms. The van der Waals surface area contributed by atoms with Gasteiger partial charge in [-0.25, -0.2) is 0 Å². The van der Waals surface area contributed by atoms with Gasteiger partial charge in [-0.15, -0.1) is 11.3 Å². The summed E-state index contributed by atoms with van der Waals surface area (Å²) in [6.07, 6.45) is -2.20. The largest absolute Gasteiger partial charge is 0.454 e. The molecule has 5 heteroatoms. The lowest BCUT2D eigenvalue weighted by Crippen LogP contribution is -2.37. The average Bonchev–Trinajstić information content (AvgIpc) is 2.89. The summed E-state index contributed by atoms with van der Waals surface area (Å²) in [7, 11) is 0. The van der Waals surface area contributed by atoms with E-state index in [9.17, 15) is 18.0 Å². The molecule has 96 valence electrons. The van der Waals surface area contributed by atoms with Crippen molar-refractivity contribution in [2.24, 2.45) is 11.8 Å². The highest BCUT2D eigenvalue weighted by Gasteiger charge is 2.53. The van der Waals surface area contributed by atoms with Crippen LogP contribution in [0.3, 0.4) is 0 Å². The van der Waals surface area contributed by atoms with E-state index in [1.165, 1.54) is 11.3 Å². The highest BCUT2D eigenvalue weighted by molar-refractivity contribution is 7.11. The molecule has 1 heterocycles. The highest BCUT2D eigenvalue weighted by Crippen LogP contribution is 2.57.